The Balaban J connectivity index is 0.00000289. The number of alkyl halides is 3. The van der Waals surface area contributed by atoms with Crippen LogP contribution in [0.4, 0.5) is 13.2 Å². The number of rotatable bonds is 4. The van der Waals surface area contributed by atoms with Crippen molar-refractivity contribution >= 4 is 28.3 Å². The van der Waals surface area contributed by atoms with E-state index in [1.54, 1.807) is 0 Å². The molecule has 0 aliphatic rings. The van der Waals surface area contributed by atoms with Crippen LogP contribution < -0.4 is 10.5 Å². The third-order valence-electron chi connectivity index (χ3n) is 2.04. The minimum atomic E-state index is -4.76. The highest BCUT2D eigenvalue weighted by Crippen LogP contribution is 2.32. The third-order valence-corrected chi connectivity index (χ3v) is 2.53. The molecule has 0 aliphatic heterocycles. The Labute approximate surface area is 117 Å². The van der Waals surface area contributed by atoms with Crippen molar-refractivity contribution in [1.82, 2.24) is 0 Å². The summed E-state index contributed by atoms with van der Waals surface area (Å²) in [5.74, 6) is -0.346. The van der Waals surface area contributed by atoms with Crippen LogP contribution in [0.2, 0.25) is 0 Å². The van der Waals surface area contributed by atoms with Crippen molar-refractivity contribution in [3.8, 4) is 5.75 Å². The molecular formula is C10H12BrClF3NO2. The van der Waals surface area contributed by atoms with Gasteiger partial charge in [0.25, 0.3) is 0 Å². The molecule has 1 atom stereocenters. The Bertz CT molecular complexity index is 390. The number of hydrogen-bond donors (Lipinski definition) is 2. The largest absolute Gasteiger partial charge is 0.573 e. The van der Waals surface area contributed by atoms with Gasteiger partial charge in [0.05, 0.1) is 0 Å². The van der Waals surface area contributed by atoms with E-state index in [-0.39, 0.29) is 36.7 Å². The quantitative estimate of drug-likeness (QED) is 0.877. The summed E-state index contributed by atoms with van der Waals surface area (Å²) in [6, 6.07) is 3.34. The summed E-state index contributed by atoms with van der Waals surface area (Å²) in [4.78, 5) is 0. The maximum absolute atomic E-state index is 12.1. The van der Waals surface area contributed by atoms with E-state index in [1.165, 1.54) is 18.2 Å². The first-order valence-corrected chi connectivity index (χ1v) is 5.54. The lowest BCUT2D eigenvalue weighted by Crippen LogP contribution is -2.20. The molecular weight excluding hydrogens is 338 g/mol. The highest BCUT2D eigenvalue weighted by molar-refractivity contribution is 9.10. The van der Waals surface area contributed by atoms with Crippen LogP contribution in [-0.2, 0) is 0 Å². The van der Waals surface area contributed by atoms with Gasteiger partial charge in [0, 0.05) is 22.7 Å². The second-order valence-corrected chi connectivity index (χ2v) is 4.26. The molecule has 0 radical (unpaired) electrons. The molecule has 3 nitrogen and oxygen atoms in total. The zero-order valence-corrected chi connectivity index (χ0v) is 11.5. The summed E-state index contributed by atoms with van der Waals surface area (Å²) in [5.41, 5.74) is 5.87. The van der Waals surface area contributed by atoms with E-state index >= 15 is 0 Å². The molecule has 8 heteroatoms. The summed E-state index contributed by atoms with van der Waals surface area (Å²) in [6.07, 6.45) is -4.60. The number of halogens is 5. The first kappa shape index (κ1) is 17.5. The number of ether oxygens (including phenoxy) is 1. The van der Waals surface area contributed by atoms with Crippen LogP contribution >= 0.6 is 28.3 Å². The van der Waals surface area contributed by atoms with Crippen molar-refractivity contribution in [2.75, 3.05) is 6.61 Å². The topological polar surface area (TPSA) is 55.5 Å². The van der Waals surface area contributed by atoms with Crippen LogP contribution in [0, 0.1) is 0 Å². The van der Waals surface area contributed by atoms with Gasteiger partial charge in [-0.25, -0.2) is 0 Å². The van der Waals surface area contributed by atoms with Gasteiger partial charge in [-0.15, -0.1) is 25.6 Å². The Morgan fingerprint density at radius 3 is 2.50 bits per heavy atom. The van der Waals surface area contributed by atoms with Gasteiger partial charge in [-0.3, -0.25) is 0 Å². The maximum atomic E-state index is 12.1. The van der Waals surface area contributed by atoms with E-state index in [0.29, 0.717) is 4.47 Å². The van der Waals surface area contributed by atoms with Gasteiger partial charge >= 0.3 is 6.36 Å². The monoisotopic (exact) mass is 349 g/mol. The van der Waals surface area contributed by atoms with Crippen LogP contribution in [0.15, 0.2) is 22.7 Å². The Morgan fingerprint density at radius 1 is 1.39 bits per heavy atom. The summed E-state index contributed by atoms with van der Waals surface area (Å²) >= 11 is 3.14. The number of benzene rings is 1. The van der Waals surface area contributed by atoms with E-state index in [1.807, 2.05) is 0 Å². The SMILES string of the molecule is Cl.N[C@H](CCO)c1cc(Br)ccc1OC(F)(F)F. The molecule has 18 heavy (non-hydrogen) atoms. The predicted octanol–water partition coefficient (Wildman–Crippen LogP) is 3.15. The molecule has 1 aromatic rings. The second kappa shape index (κ2) is 7.18. The van der Waals surface area contributed by atoms with E-state index < -0.39 is 12.4 Å². The van der Waals surface area contributed by atoms with Gasteiger partial charge < -0.3 is 15.6 Å². The molecule has 0 spiro atoms. The lowest BCUT2D eigenvalue weighted by Gasteiger charge is -2.17. The summed E-state index contributed by atoms with van der Waals surface area (Å²) in [5, 5.41) is 8.74. The Morgan fingerprint density at radius 2 is 2.00 bits per heavy atom. The van der Waals surface area contributed by atoms with E-state index in [0.717, 1.165) is 0 Å². The number of aliphatic hydroxyl groups is 1. The maximum Gasteiger partial charge on any atom is 0.573 e. The van der Waals surface area contributed by atoms with Gasteiger partial charge in [0.2, 0.25) is 0 Å². The molecule has 0 aromatic heterocycles. The smallest absolute Gasteiger partial charge is 0.405 e. The first-order chi connectivity index (χ1) is 7.83. The van der Waals surface area contributed by atoms with Gasteiger partial charge in [-0.2, -0.15) is 0 Å². The Kier molecular flexibility index (Phi) is 6.98. The van der Waals surface area contributed by atoms with Crippen LogP contribution in [0.5, 0.6) is 5.75 Å². The second-order valence-electron chi connectivity index (χ2n) is 3.35. The molecule has 0 aliphatic carbocycles. The van der Waals surface area contributed by atoms with E-state index in [9.17, 15) is 13.2 Å². The highest BCUT2D eigenvalue weighted by atomic mass is 79.9. The predicted molar refractivity (Wildman–Crippen MR) is 66.7 cm³/mol. The van der Waals surface area contributed by atoms with Gasteiger partial charge in [0.15, 0.2) is 0 Å². The van der Waals surface area contributed by atoms with Crippen LogP contribution in [-0.4, -0.2) is 18.1 Å². The molecule has 0 fully saturated rings. The fourth-order valence-electron chi connectivity index (χ4n) is 1.32. The fourth-order valence-corrected chi connectivity index (χ4v) is 1.70. The van der Waals surface area contributed by atoms with Crippen LogP contribution in [0.3, 0.4) is 0 Å². The van der Waals surface area contributed by atoms with E-state index in [4.69, 9.17) is 10.8 Å². The minimum absolute atomic E-state index is 0. The minimum Gasteiger partial charge on any atom is -0.405 e. The highest BCUT2D eigenvalue weighted by Gasteiger charge is 2.32. The van der Waals surface area contributed by atoms with Crippen LogP contribution in [0.25, 0.3) is 0 Å². The molecule has 1 rings (SSSR count). The molecule has 1 aromatic carbocycles. The molecule has 0 heterocycles. The summed E-state index contributed by atoms with van der Waals surface area (Å²) in [6.45, 7) is -0.209. The lowest BCUT2D eigenvalue weighted by atomic mass is 10.0. The molecule has 0 unspecified atom stereocenters. The zero-order valence-electron chi connectivity index (χ0n) is 9.08. The van der Waals surface area contributed by atoms with Gasteiger partial charge in [-0.1, -0.05) is 15.9 Å². The summed E-state index contributed by atoms with van der Waals surface area (Å²) in [7, 11) is 0. The van der Waals surface area contributed by atoms with Gasteiger partial charge in [0.1, 0.15) is 5.75 Å². The molecule has 0 saturated carbocycles. The molecule has 0 bridgehead atoms. The zero-order chi connectivity index (χ0) is 13.1. The molecule has 104 valence electrons. The van der Waals surface area contributed by atoms with Crippen molar-refractivity contribution in [3.05, 3.63) is 28.2 Å². The normalized spacial score (nSPS) is 12.8. The molecule has 0 saturated heterocycles. The average molecular weight is 351 g/mol. The average Bonchev–Trinajstić information content (AvgIpc) is 2.19. The van der Waals surface area contributed by atoms with Crippen molar-refractivity contribution in [2.45, 2.75) is 18.8 Å². The summed E-state index contributed by atoms with van der Waals surface area (Å²) < 4.78 is 40.9. The first-order valence-electron chi connectivity index (χ1n) is 4.75. The standard InChI is InChI=1S/C10H11BrF3NO2.ClH/c11-6-1-2-9(17-10(12,13)14)7(5-6)8(15)3-4-16;/h1-2,5,8,16H,3-4,15H2;1H/t8-;/m1./s1. The van der Waals surface area contributed by atoms with Gasteiger partial charge in [-0.05, 0) is 24.6 Å². The molecule has 3 N–H and O–H groups in total. The number of aliphatic hydroxyl groups excluding tert-OH is 1. The molecule has 0 amide bonds. The Hall–Kier alpha value is -0.500. The van der Waals surface area contributed by atoms with Crippen molar-refractivity contribution in [3.63, 3.8) is 0 Å². The number of nitrogens with two attached hydrogens (primary N) is 1. The number of hydrogen-bond acceptors (Lipinski definition) is 3. The van der Waals surface area contributed by atoms with Crippen molar-refractivity contribution < 1.29 is 23.0 Å². The third kappa shape index (κ3) is 5.43. The van der Waals surface area contributed by atoms with E-state index in [2.05, 4.69) is 20.7 Å². The van der Waals surface area contributed by atoms with Crippen LogP contribution in [0.1, 0.15) is 18.0 Å². The lowest BCUT2D eigenvalue weighted by molar-refractivity contribution is -0.275. The van der Waals surface area contributed by atoms with Crippen molar-refractivity contribution in [1.29, 1.82) is 0 Å². The van der Waals surface area contributed by atoms with Crippen molar-refractivity contribution in [2.24, 2.45) is 5.73 Å². The fraction of sp³-hybridized carbons (Fsp3) is 0.400.